The molecule has 96 valence electrons. The van der Waals surface area contributed by atoms with Crippen LogP contribution >= 0.6 is 11.6 Å². The standard InChI is InChI=1S/C14H23ClN2/c1-13(2,3)16-17-14(15)11-5-9-4-10(7-11)8-12(14)6-9/h9-12H,4-8H2,1-3H3. The lowest BCUT2D eigenvalue weighted by Gasteiger charge is -2.56. The second-order valence-corrected chi connectivity index (χ2v) is 8.01. The Morgan fingerprint density at radius 2 is 1.41 bits per heavy atom. The minimum Gasteiger partial charge on any atom is -0.186 e. The average molecular weight is 255 g/mol. The van der Waals surface area contributed by atoms with Crippen LogP contribution in [0.4, 0.5) is 0 Å². The molecule has 4 fully saturated rings. The van der Waals surface area contributed by atoms with Crippen LogP contribution in [0.15, 0.2) is 10.2 Å². The van der Waals surface area contributed by atoms with E-state index in [-0.39, 0.29) is 10.5 Å². The van der Waals surface area contributed by atoms with Crippen molar-refractivity contribution in [2.45, 2.75) is 63.4 Å². The normalized spacial score (nSPS) is 49.2. The quantitative estimate of drug-likeness (QED) is 0.370. The zero-order chi connectivity index (χ0) is 12.3. The predicted octanol–water partition coefficient (Wildman–Crippen LogP) is 4.63. The van der Waals surface area contributed by atoms with E-state index in [1.54, 1.807) is 0 Å². The van der Waals surface area contributed by atoms with Gasteiger partial charge in [-0.25, -0.2) is 0 Å². The summed E-state index contributed by atoms with van der Waals surface area (Å²) in [7, 11) is 0. The highest BCUT2D eigenvalue weighted by Gasteiger charge is 2.57. The van der Waals surface area contributed by atoms with Crippen molar-refractivity contribution in [3.63, 3.8) is 0 Å². The fraction of sp³-hybridized carbons (Fsp3) is 1.00. The van der Waals surface area contributed by atoms with Crippen LogP contribution in [0.3, 0.4) is 0 Å². The first kappa shape index (κ1) is 12.0. The molecule has 0 unspecified atom stereocenters. The molecule has 3 heteroatoms. The first-order valence-electron chi connectivity index (χ1n) is 7.00. The molecule has 4 aliphatic rings. The van der Waals surface area contributed by atoms with Gasteiger partial charge in [-0.15, -0.1) is 0 Å². The fourth-order valence-electron chi connectivity index (χ4n) is 4.24. The van der Waals surface area contributed by atoms with Gasteiger partial charge in [0.2, 0.25) is 0 Å². The Hall–Kier alpha value is -0.110. The van der Waals surface area contributed by atoms with Crippen molar-refractivity contribution in [3.05, 3.63) is 0 Å². The fourth-order valence-corrected chi connectivity index (χ4v) is 4.63. The van der Waals surface area contributed by atoms with Crippen LogP contribution in [0.25, 0.3) is 0 Å². The minimum absolute atomic E-state index is 0.101. The first-order chi connectivity index (χ1) is 7.87. The van der Waals surface area contributed by atoms with Crippen molar-refractivity contribution < 1.29 is 0 Å². The van der Waals surface area contributed by atoms with Gasteiger partial charge in [0.1, 0.15) is 0 Å². The third-order valence-corrected chi connectivity index (χ3v) is 5.48. The highest BCUT2D eigenvalue weighted by Crippen LogP contribution is 2.61. The molecule has 4 bridgehead atoms. The number of halogens is 1. The number of nitrogens with zero attached hydrogens (tertiary/aromatic N) is 2. The Kier molecular flexibility index (Phi) is 2.60. The molecule has 0 radical (unpaired) electrons. The number of hydrogen-bond acceptors (Lipinski definition) is 2. The van der Waals surface area contributed by atoms with E-state index in [1.165, 1.54) is 32.1 Å². The highest BCUT2D eigenvalue weighted by molar-refractivity contribution is 6.24. The molecule has 0 saturated heterocycles. The summed E-state index contributed by atoms with van der Waals surface area (Å²) >= 11 is 6.87. The number of hydrogen-bond donors (Lipinski definition) is 0. The van der Waals surface area contributed by atoms with Gasteiger partial charge in [-0.2, -0.15) is 10.2 Å². The van der Waals surface area contributed by atoms with Gasteiger partial charge < -0.3 is 0 Å². The second-order valence-electron chi connectivity index (χ2n) is 7.40. The zero-order valence-electron chi connectivity index (χ0n) is 11.1. The van der Waals surface area contributed by atoms with E-state index in [1.807, 2.05) is 0 Å². The van der Waals surface area contributed by atoms with Crippen LogP contribution in [0.5, 0.6) is 0 Å². The minimum atomic E-state index is -0.360. The molecule has 0 N–H and O–H groups in total. The Bertz CT molecular complexity index is 315. The summed E-state index contributed by atoms with van der Waals surface area (Å²) in [6.07, 6.45) is 6.62. The SMILES string of the molecule is CC(C)(C)N=NC1(Cl)C2CC3CC(C2)CC1C3. The van der Waals surface area contributed by atoms with Gasteiger partial charge in [-0.1, -0.05) is 11.6 Å². The molecular weight excluding hydrogens is 232 g/mol. The maximum Gasteiger partial charge on any atom is 0.160 e. The van der Waals surface area contributed by atoms with Crippen LogP contribution in [0, 0.1) is 23.7 Å². The molecule has 0 aromatic heterocycles. The number of rotatable bonds is 1. The van der Waals surface area contributed by atoms with Crippen LogP contribution in [0.1, 0.15) is 52.9 Å². The van der Waals surface area contributed by atoms with E-state index in [0.29, 0.717) is 11.8 Å². The van der Waals surface area contributed by atoms with E-state index in [0.717, 1.165) is 11.8 Å². The summed E-state index contributed by atoms with van der Waals surface area (Å²) in [4.78, 5) is -0.360. The zero-order valence-corrected chi connectivity index (χ0v) is 11.9. The molecule has 0 aromatic rings. The van der Waals surface area contributed by atoms with Gasteiger partial charge in [0, 0.05) is 11.8 Å². The average Bonchev–Trinajstić information content (AvgIpc) is 2.21. The maximum atomic E-state index is 6.87. The van der Waals surface area contributed by atoms with E-state index in [9.17, 15) is 0 Å². The summed E-state index contributed by atoms with van der Waals surface area (Å²) in [5.74, 6) is 3.06. The summed E-state index contributed by atoms with van der Waals surface area (Å²) in [6.45, 7) is 6.27. The lowest BCUT2D eigenvalue weighted by atomic mass is 9.54. The van der Waals surface area contributed by atoms with E-state index in [2.05, 4.69) is 31.0 Å². The molecule has 0 atom stereocenters. The Labute approximate surface area is 109 Å². The van der Waals surface area contributed by atoms with E-state index >= 15 is 0 Å². The van der Waals surface area contributed by atoms with E-state index in [4.69, 9.17) is 11.6 Å². The molecule has 4 saturated carbocycles. The Morgan fingerprint density at radius 1 is 0.941 bits per heavy atom. The van der Waals surface area contributed by atoms with Gasteiger partial charge in [-0.05, 0) is 64.7 Å². The topological polar surface area (TPSA) is 24.7 Å². The molecule has 4 aliphatic carbocycles. The number of azo groups is 1. The van der Waals surface area contributed by atoms with Crippen LogP contribution < -0.4 is 0 Å². The van der Waals surface area contributed by atoms with Crippen LogP contribution in [0.2, 0.25) is 0 Å². The molecule has 4 rings (SSSR count). The van der Waals surface area contributed by atoms with Crippen molar-refractivity contribution in [1.29, 1.82) is 0 Å². The number of alkyl halides is 1. The summed E-state index contributed by atoms with van der Waals surface area (Å²) < 4.78 is 0. The molecule has 17 heavy (non-hydrogen) atoms. The second kappa shape index (κ2) is 3.69. The molecule has 0 aliphatic heterocycles. The van der Waals surface area contributed by atoms with Gasteiger partial charge >= 0.3 is 0 Å². The molecule has 0 spiro atoms. The summed E-state index contributed by atoms with van der Waals surface area (Å²) in [5.41, 5.74) is -0.101. The van der Waals surface area contributed by atoms with Gasteiger partial charge in [-0.3, -0.25) is 0 Å². The smallest absolute Gasteiger partial charge is 0.160 e. The third kappa shape index (κ3) is 2.03. The molecule has 0 amide bonds. The monoisotopic (exact) mass is 254 g/mol. The molecule has 0 heterocycles. The van der Waals surface area contributed by atoms with Crippen molar-refractivity contribution in [1.82, 2.24) is 0 Å². The van der Waals surface area contributed by atoms with Crippen molar-refractivity contribution in [2.75, 3.05) is 0 Å². The van der Waals surface area contributed by atoms with Gasteiger partial charge in [0.25, 0.3) is 0 Å². The Balaban J connectivity index is 1.85. The van der Waals surface area contributed by atoms with Crippen molar-refractivity contribution in [3.8, 4) is 0 Å². The third-order valence-electron chi connectivity index (χ3n) is 4.79. The molecular formula is C14H23ClN2. The Morgan fingerprint density at radius 3 is 1.82 bits per heavy atom. The predicted molar refractivity (Wildman–Crippen MR) is 70.2 cm³/mol. The van der Waals surface area contributed by atoms with Crippen LogP contribution in [-0.2, 0) is 0 Å². The maximum absolute atomic E-state index is 6.87. The van der Waals surface area contributed by atoms with Crippen molar-refractivity contribution >= 4 is 11.6 Å². The summed E-state index contributed by atoms with van der Waals surface area (Å²) in [5, 5.41) is 9.08. The highest BCUT2D eigenvalue weighted by atomic mass is 35.5. The summed E-state index contributed by atoms with van der Waals surface area (Å²) in [6, 6.07) is 0. The van der Waals surface area contributed by atoms with Crippen molar-refractivity contribution in [2.24, 2.45) is 33.9 Å². The van der Waals surface area contributed by atoms with Gasteiger partial charge in [0.15, 0.2) is 5.00 Å². The first-order valence-corrected chi connectivity index (χ1v) is 7.37. The molecule has 2 nitrogen and oxygen atoms in total. The molecule has 0 aromatic carbocycles. The lowest BCUT2D eigenvalue weighted by Crippen LogP contribution is -2.53. The lowest BCUT2D eigenvalue weighted by molar-refractivity contribution is -0.0204. The van der Waals surface area contributed by atoms with Crippen LogP contribution in [-0.4, -0.2) is 10.5 Å². The van der Waals surface area contributed by atoms with E-state index < -0.39 is 0 Å². The largest absolute Gasteiger partial charge is 0.186 e. The van der Waals surface area contributed by atoms with Gasteiger partial charge in [0.05, 0.1) is 5.54 Å².